The van der Waals surface area contributed by atoms with Crippen LogP contribution in [-0.2, 0) is 20.2 Å². The molecule has 0 radical (unpaired) electrons. The molecule has 0 unspecified atom stereocenters. The third-order valence-corrected chi connectivity index (χ3v) is 6.51. The Bertz CT molecular complexity index is 1690. The van der Waals surface area contributed by atoms with Crippen LogP contribution in [0.4, 0.5) is 22.7 Å². The first-order valence-corrected chi connectivity index (χ1v) is 12.6. The number of nitrogens with zero attached hydrogens (tertiary/aromatic N) is 4. The van der Waals surface area contributed by atoms with Crippen molar-refractivity contribution in [3.05, 3.63) is 78.9 Å². The summed E-state index contributed by atoms with van der Waals surface area (Å²) in [6, 6.07) is 19.7. The SMILES string of the molecule is O=S(=O)(O)c1cc2cccc(S(=O)(=O)O)c2c(O)c1N=Nc1ccc(N=Nc2ccccc2)cc1. The van der Waals surface area contributed by atoms with Gasteiger partial charge in [0.2, 0.25) is 0 Å². The molecule has 13 heteroatoms. The predicted octanol–water partition coefficient (Wildman–Crippen LogP) is 5.87. The van der Waals surface area contributed by atoms with Crippen LogP contribution in [-0.4, -0.2) is 31.0 Å². The molecular formula is C22H16N4O7S2. The molecule has 3 N–H and O–H groups in total. The van der Waals surface area contributed by atoms with Gasteiger partial charge in [-0.05, 0) is 53.9 Å². The van der Waals surface area contributed by atoms with Crippen LogP contribution in [0.1, 0.15) is 0 Å². The predicted molar refractivity (Wildman–Crippen MR) is 126 cm³/mol. The molecule has 178 valence electrons. The fraction of sp³-hybridized carbons (Fsp3) is 0. The van der Waals surface area contributed by atoms with Crippen molar-refractivity contribution in [1.82, 2.24) is 0 Å². The van der Waals surface area contributed by atoms with Crippen molar-refractivity contribution >= 4 is 53.8 Å². The summed E-state index contributed by atoms with van der Waals surface area (Å²) in [5.41, 5.74) is 0.680. The van der Waals surface area contributed by atoms with Crippen LogP contribution in [0.25, 0.3) is 10.8 Å². The lowest BCUT2D eigenvalue weighted by molar-refractivity contribution is 0.469. The van der Waals surface area contributed by atoms with Gasteiger partial charge in [-0.25, -0.2) is 0 Å². The van der Waals surface area contributed by atoms with Crippen molar-refractivity contribution in [3.63, 3.8) is 0 Å². The molecule has 35 heavy (non-hydrogen) atoms. The van der Waals surface area contributed by atoms with Gasteiger partial charge in [0.25, 0.3) is 20.2 Å². The smallest absolute Gasteiger partial charge is 0.296 e. The van der Waals surface area contributed by atoms with Crippen LogP contribution >= 0.6 is 0 Å². The summed E-state index contributed by atoms with van der Waals surface area (Å²) in [6.07, 6.45) is 0. The van der Waals surface area contributed by atoms with Crippen LogP contribution in [0.15, 0.2) is 109 Å². The molecule has 0 fully saturated rings. The molecule has 4 aromatic rings. The largest absolute Gasteiger partial charge is 0.505 e. The molecule has 0 aliphatic rings. The number of benzene rings is 4. The van der Waals surface area contributed by atoms with E-state index in [1.807, 2.05) is 18.2 Å². The van der Waals surface area contributed by atoms with Crippen LogP contribution in [0, 0.1) is 0 Å². The van der Waals surface area contributed by atoms with E-state index < -0.39 is 41.5 Å². The highest BCUT2D eigenvalue weighted by Gasteiger charge is 2.25. The van der Waals surface area contributed by atoms with Gasteiger partial charge >= 0.3 is 0 Å². The molecular weight excluding hydrogens is 496 g/mol. The number of fused-ring (bicyclic) bond motifs is 1. The highest BCUT2D eigenvalue weighted by atomic mass is 32.2. The summed E-state index contributed by atoms with van der Waals surface area (Å²) in [4.78, 5) is -1.47. The Hall–Kier alpha value is -4.04. The Balaban J connectivity index is 1.76. The van der Waals surface area contributed by atoms with Gasteiger partial charge in [-0.15, -0.1) is 5.11 Å². The minimum atomic E-state index is -4.89. The average molecular weight is 513 g/mol. The van der Waals surface area contributed by atoms with Crippen molar-refractivity contribution in [1.29, 1.82) is 0 Å². The topological polar surface area (TPSA) is 178 Å². The number of rotatable bonds is 6. The van der Waals surface area contributed by atoms with E-state index in [0.717, 1.165) is 12.1 Å². The van der Waals surface area contributed by atoms with Crippen molar-refractivity contribution in [2.24, 2.45) is 20.5 Å². The lowest BCUT2D eigenvalue weighted by atomic mass is 10.1. The Morgan fingerprint density at radius 3 is 1.63 bits per heavy atom. The molecule has 0 aromatic heterocycles. The molecule has 4 aromatic carbocycles. The highest BCUT2D eigenvalue weighted by Crippen LogP contribution is 2.43. The van der Waals surface area contributed by atoms with Gasteiger partial charge in [-0.3, -0.25) is 9.11 Å². The zero-order chi connectivity index (χ0) is 25.2. The molecule has 0 aliphatic carbocycles. The maximum atomic E-state index is 11.9. The summed E-state index contributed by atoms with van der Waals surface area (Å²) in [5, 5.41) is 26.0. The Kier molecular flexibility index (Phi) is 6.41. The Labute approximate surface area is 199 Å². The molecule has 0 atom stereocenters. The molecule has 0 saturated heterocycles. The third-order valence-electron chi connectivity index (χ3n) is 4.75. The van der Waals surface area contributed by atoms with E-state index in [4.69, 9.17) is 0 Å². The fourth-order valence-electron chi connectivity index (χ4n) is 3.18. The maximum absolute atomic E-state index is 11.9. The second-order valence-electron chi connectivity index (χ2n) is 7.13. The first-order chi connectivity index (χ1) is 16.5. The minimum absolute atomic E-state index is 0.0719. The van der Waals surface area contributed by atoms with Crippen LogP contribution in [0.3, 0.4) is 0 Å². The van der Waals surface area contributed by atoms with Crippen LogP contribution in [0.5, 0.6) is 5.75 Å². The number of aromatic hydroxyl groups is 1. The minimum Gasteiger partial charge on any atom is -0.505 e. The van der Waals surface area contributed by atoms with Gasteiger partial charge in [0, 0.05) is 5.39 Å². The van der Waals surface area contributed by atoms with Crippen molar-refractivity contribution in [3.8, 4) is 5.75 Å². The average Bonchev–Trinajstić information content (AvgIpc) is 2.82. The van der Waals surface area contributed by atoms with E-state index in [2.05, 4.69) is 20.5 Å². The van der Waals surface area contributed by atoms with Gasteiger partial charge in [0.05, 0.1) is 17.1 Å². The standard InChI is InChI=1S/C22H16N4O7S2/c27-22-20-14(5-4-8-18(20)34(28,29)30)13-19(35(31,32)33)21(22)26-25-17-11-9-16(10-12-17)24-23-15-6-2-1-3-7-15/h1-13,27H,(H,28,29,30)(H,31,32,33). The summed E-state index contributed by atoms with van der Waals surface area (Å²) in [5.74, 6) is -0.902. The second-order valence-corrected chi connectivity index (χ2v) is 9.91. The fourth-order valence-corrected chi connectivity index (χ4v) is 4.56. The highest BCUT2D eigenvalue weighted by molar-refractivity contribution is 7.86. The summed E-state index contributed by atoms with van der Waals surface area (Å²) in [7, 11) is -9.67. The summed E-state index contributed by atoms with van der Waals surface area (Å²) < 4.78 is 66.5. The van der Waals surface area contributed by atoms with E-state index >= 15 is 0 Å². The van der Waals surface area contributed by atoms with E-state index in [-0.39, 0.29) is 16.5 Å². The zero-order valence-corrected chi connectivity index (χ0v) is 19.2. The van der Waals surface area contributed by atoms with Crippen molar-refractivity contribution in [2.75, 3.05) is 0 Å². The van der Waals surface area contributed by atoms with Gasteiger partial charge in [0.15, 0.2) is 5.75 Å². The normalized spacial score (nSPS) is 12.6. The summed E-state index contributed by atoms with van der Waals surface area (Å²) in [6.45, 7) is 0. The lowest BCUT2D eigenvalue weighted by Gasteiger charge is -2.11. The molecule has 0 amide bonds. The third kappa shape index (κ3) is 5.38. The van der Waals surface area contributed by atoms with Crippen molar-refractivity contribution in [2.45, 2.75) is 9.79 Å². The Morgan fingerprint density at radius 2 is 1.09 bits per heavy atom. The second kappa shape index (κ2) is 9.31. The van der Waals surface area contributed by atoms with Gasteiger partial charge in [-0.1, -0.05) is 30.3 Å². The molecule has 0 bridgehead atoms. The first-order valence-electron chi connectivity index (χ1n) is 9.76. The summed E-state index contributed by atoms with van der Waals surface area (Å²) >= 11 is 0. The first kappa shape index (κ1) is 24.1. The monoisotopic (exact) mass is 512 g/mol. The number of phenols is 1. The van der Waals surface area contributed by atoms with Crippen molar-refractivity contribution < 1.29 is 31.0 Å². The molecule has 0 spiro atoms. The van der Waals surface area contributed by atoms with Crippen LogP contribution < -0.4 is 0 Å². The van der Waals surface area contributed by atoms with E-state index in [1.165, 1.54) is 24.3 Å². The maximum Gasteiger partial charge on any atom is 0.296 e. The lowest BCUT2D eigenvalue weighted by Crippen LogP contribution is -2.02. The number of azo groups is 2. The Morgan fingerprint density at radius 1 is 0.571 bits per heavy atom. The van der Waals surface area contributed by atoms with E-state index in [0.29, 0.717) is 11.4 Å². The van der Waals surface area contributed by atoms with E-state index in [1.54, 1.807) is 24.3 Å². The quantitative estimate of drug-likeness (QED) is 0.213. The molecule has 0 aliphatic heterocycles. The molecule has 11 nitrogen and oxygen atoms in total. The molecule has 4 rings (SSSR count). The molecule has 0 heterocycles. The van der Waals surface area contributed by atoms with Gasteiger partial charge in [0.1, 0.15) is 15.5 Å². The van der Waals surface area contributed by atoms with E-state index in [9.17, 15) is 31.0 Å². The number of phenolic OH excluding ortho intramolecular Hbond substituents is 1. The number of hydrogen-bond acceptors (Lipinski definition) is 9. The zero-order valence-electron chi connectivity index (χ0n) is 17.6. The van der Waals surface area contributed by atoms with Gasteiger partial charge in [-0.2, -0.15) is 32.2 Å². The molecule has 0 saturated carbocycles. The van der Waals surface area contributed by atoms with Crippen LogP contribution in [0.2, 0.25) is 0 Å². The van der Waals surface area contributed by atoms with Gasteiger partial charge < -0.3 is 5.11 Å². The number of hydrogen-bond donors (Lipinski definition) is 3.